The van der Waals surface area contributed by atoms with E-state index in [-0.39, 0.29) is 29.9 Å². The van der Waals surface area contributed by atoms with Crippen LogP contribution in [0.4, 0.5) is 4.79 Å². The molecular weight excluding hydrogens is 366 g/mol. The molecule has 0 saturated heterocycles. The van der Waals surface area contributed by atoms with Gasteiger partial charge in [-0.3, -0.25) is 10.0 Å². The summed E-state index contributed by atoms with van der Waals surface area (Å²) in [4.78, 5) is 26.7. The van der Waals surface area contributed by atoms with Crippen LogP contribution in [0.15, 0.2) is 12.1 Å². The van der Waals surface area contributed by atoms with Gasteiger partial charge in [0.15, 0.2) is 0 Å². The van der Waals surface area contributed by atoms with Crippen molar-refractivity contribution < 1.29 is 14.8 Å². The Morgan fingerprint density at radius 3 is 2.56 bits per heavy atom. The lowest BCUT2D eigenvalue weighted by Gasteiger charge is -2.37. The van der Waals surface area contributed by atoms with Crippen LogP contribution >= 0.6 is 11.6 Å². The molecule has 0 bridgehead atoms. The number of hydroxylamine groups is 1. The van der Waals surface area contributed by atoms with Crippen LogP contribution in [0, 0.1) is 19.8 Å². The number of rotatable bonds is 5. The van der Waals surface area contributed by atoms with Crippen LogP contribution in [0.5, 0.6) is 0 Å². The van der Waals surface area contributed by atoms with Crippen molar-refractivity contribution in [2.45, 2.75) is 71.0 Å². The third kappa shape index (κ3) is 4.74. The summed E-state index contributed by atoms with van der Waals surface area (Å²) in [6.45, 7) is 4.40. The predicted octanol–water partition coefficient (Wildman–Crippen LogP) is 3.70. The van der Waals surface area contributed by atoms with E-state index in [0.717, 1.165) is 53.8 Å². The largest absolute Gasteiger partial charge is 0.334 e. The van der Waals surface area contributed by atoms with E-state index in [1.807, 2.05) is 30.9 Å². The van der Waals surface area contributed by atoms with Gasteiger partial charge in [0, 0.05) is 29.6 Å². The van der Waals surface area contributed by atoms with Crippen molar-refractivity contribution in [3.05, 3.63) is 33.8 Å². The molecule has 1 aromatic rings. The number of carbonyl (C=O) groups is 2. The molecule has 0 heterocycles. The van der Waals surface area contributed by atoms with Crippen molar-refractivity contribution in [2.24, 2.45) is 5.92 Å². The van der Waals surface area contributed by atoms with E-state index >= 15 is 0 Å². The monoisotopic (exact) mass is 393 g/mol. The minimum absolute atomic E-state index is 0.0431. The fourth-order valence-electron chi connectivity index (χ4n) is 4.02. The first kappa shape index (κ1) is 20.0. The average molecular weight is 394 g/mol. The molecule has 6 nitrogen and oxygen atoms in total. The molecule has 2 fully saturated rings. The lowest BCUT2D eigenvalue weighted by Crippen LogP contribution is -2.50. The van der Waals surface area contributed by atoms with Crippen LogP contribution in [-0.2, 0) is 11.3 Å². The molecule has 0 aliphatic heterocycles. The first-order valence-electron chi connectivity index (χ1n) is 9.66. The molecule has 3 rings (SSSR count). The third-order valence-electron chi connectivity index (χ3n) is 5.74. The molecule has 2 aliphatic rings. The summed E-state index contributed by atoms with van der Waals surface area (Å²) in [7, 11) is 0. The molecule has 3 N–H and O–H groups in total. The maximum Gasteiger partial charge on any atom is 0.318 e. The van der Waals surface area contributed by atoms with Crippen molar-refractivity contribution in [3.63, 3.8) is 0 Å². The van der Waals surface area contributed by atoms with E-state index in [1.54, 1.807) is 5.48 Å². The number of nitrogens with one attached hydrogen (secondary N) is 2. The highest BCUT2D eigenvalue weighted by Gasteiger charge is 2.40. The number of nitrogens with zero attached hydrogens (tertiary/aromatic N) is 1. The molecule has 27 heavy (non-hydrogen) atoms. The van der Waals surface area contributed by atoms with Crippen molar-refractivity contribution in [1.29, 1.82) is 0 Å². The highest BCUT2D eigenvalue weighted by atomic mass is 35.5. The number of urea groups is 1. The first-order valence-corrected chi connectivity index (χ1v) is 10.0. The highest BCUT2D eigenvalue weighted by molar-refractivity contribution is 6.31. The van der Waals surface area contributed by atoms with Crippen LogP contribution in [0.2, 0.25) is 5.02 Å². The van der Waals surface area contributed by atoms with Gasteiger partial charge >= 0.3 is 6.03 Å². The summed E-state index contributed by atoms with van der Waals surface area (Å²) in [5.74, 6) is -0.577. The Morgan fingerprint density at radius 2 is 1.89 bits per heavy atom. The van der Waals surface area contributed by atoms with E-state index in [9.17, 15) is 9.59 Å². The van der Waals surface area contributed by atoms with Gasteiger partial charge in [0.1, 0.15) is 0 Å². The van der Waals surface area contributed by atoms with E-state index in [1.165, 1.54) is 0 Å². The molecule has 7 heteroatoms. The third-order valence-corrected chi connectivity index (χ3v) is 6.15. The molecule has 1 unspecified atom stereocenters. The lowest BCUT2D eigenvalue weighted by atomic mass is 9.84. The molecule has 3 amide bonds. The number of halogens is 1. The second-order valence-electron chi connectivity index (χ2n) is 7.82. The summed E-state index contributed by atoms with van der Waals surface area (Å²) in [6.07, 6.45) is 5.17. The summed E-state index contributed by atoms with van der Waals surface area (Å²) in [6, 6.07) is 4.18. The van der Waals surface area contributed by atoms with Crippen molar-refractivity contribution >= 4 is 23.5 Å². The fraction of sp³-hybridized carbons (Fsp3) is 0.600. The van der Waals surface area contributed by atoms with Crippen molar-refractivity contribution in [2.75, 3.05) is 0 Å². The number of benzene rings is 1. The van der Waals surface area contributed by atoms with Gasteiger partial charge in [-0.1, -0.05) is 24.1 Å². The molecular formula is C20H28ClN3O3. The quantitative estimate of drug-likeness (QED) is 0.527. The van der Waals surface area contributed by atoms with Crippen LogP contribution in [-0.4, -0.2) is 34.1 Å². The molecule has 2 aliphatic carbocycles. The molecule has 2 atom stereocenters. The number of hydrogen-bond donors (Lipinski definition) is 3. The van der Waals surface area contributed by atoms with Gasteiger partial charge in [0.2, 0.25) is 5.91 Å². The van der Waals surface area contributed by atoms with Crippen molar-refractivity contribution in [3.8, 4) is 0 Å². The average Bonchev–Trinajstić information content (AvgIpc) is 3.48. The van der Waals surface area contributed by atoms with E-state index in [0.29, 0.717) is 13.0 Å². The van der Waals surface area contributed by atoms with Crippen LogP contribution in [0.25, 0.3) is 0 Å². The van der Waals surface area contributed by atoms with Gasteiger partial charge in [0.05, 0.1) is 0 Å². The molecule has 2 saturated carbocycles. The Labute approximate surface area is 165 Å². The number of amides is 3. The Kier molecular flexibility index (Phi) is 6.27. The zero-order valence-corrected chi connectivity index (χ0v) is 16.7. The molecule has 0 aromatic heterocycles. The smallest absolute Gasteiger partial charge is 0.318 e. The van der Waals surface area contributed by atoms with Gasteiger partial charge in [-0.15, -0.1) is 0 Å². The Balaban J connectivity index is 1.66. The summed E-state index contributed by atoms with van der Waals surface area (Å²) < 4.78 is 0. The van der Waals surface area contributed by atoms with Crippen LogP contribution < -0.4 is 10.8 Å². The topological polar surface area (TPSA) is 81.7 Å². The Bertz CT molecular complexity index is 721. The summed E-state index contributed by atoms with van der Waals surface area (Å²) >= 11 is 6.16. The van der Waals surface area contributed by atoms with Gasteiger partial charge in [-0.25, -0.2) is 10.3 Å². The fourth-order valence-corrected chi connectivity index (χ4v) is 4.24. The summed E-state index contributed by atoms with van der Waals surface area (Å²) in [5, 5.41) is 12.7. The number of aryl methyl sites for hydroxylation is 2. The van der Waals surface area contributed by atoms with E-state index < -0.39 is 0 Å². The Morgan fingerprint density at radius 1 is 1.15 bits per heavy atom. The van der Waals surface area contributed by atoms with Crippen LogP contribution in [0.1, 0.15) is 55.2 Å². The Hall–Kier alpha value is -1.79. The molecule has 148 valence electrons. The maximum absolute atomic E-state index is 12.9. The molecule has 1 aromatic carbocycles. The zero-order chi connectivity index (χ0) is 19.6. The SMILES string of the molecule is Cc1cc(CNC(=O)N(C2CC2)[C@@H]2CCCC(C(=O)NO)C2)c(C)cc1Cl. The second kappa shape index (κ2) is 8.48. The molecule has 0 spiro atoms. The standard InChI is InChI=1S/C20H28ClN3O3/c1-12-9-18(21)13(2)8-15(12)11-22-20(26)24(16-6-7-16)17-5-3-4-14(10-17)19(25)23-27/h8-9,14,16-17,27H,3-7,10-11H2,1-2H3,(H,22,26)(H,23,25)/t14?,17-/m1/s1. The van der Waals surface area contributed by atoms with Gasteiger partial charge < -0.3 is 10.2 Å². The van der Waals surface area contributed by atoms with E-state index in [4.69, 9.17) is 16.8 Å². The highest BCUT2D eigenvalue weighted by Crippen LogP contribution is 2.35. The predicted molar refractivity (Wildman–Crippen MR) is 104 cm³/mol. The maximum atomic E-state index is 12.9. The van der Waals surface area contributed by atoms with E-state index in [2.05, 4.69) is 5.32 Å². The lowest BCUT2D eigenvalue weighted by molar-refractivity contribution is -0.135. The number of carbonyl (C=O) groups excluding carboxylic acids is 2. The summed E-state index contributed by atoms with van der Waals surface area (Å²) in [5.41, 5.74) is 4.87. The second-order valence-corrected chi connectivity index (χ2v) is 8.23. The van der Waals surface area contributed by atoms with Crippen LogP contribution in [0.3, 0.4) is 0 Å². The van der Waals surface area contributed by atoms with Crippen molar-refractivity contribution in [1.82, 2.24) is 15.7 Å². The van der Waals surface area contributed by atoms with Gasteiger partial charge in [-0.05, 0) is 68.7 Å². The van der Waals surface area contributed by atoms with Gasteiger partial charge in [0.25, 0.3) is 0 Å². The zero-order valence-electron chi connectivity index (χ0n) is 15.9. The molecule has 0 radical (unpaired) electrons. The number of hydrogen-bond acceptors (Lipinski definition) is 3. The minimum atomic E-state index is -0.344. The minimum Gasteiger partial charge on any atom is -0.334 e. The first-order chi connectivity index (χ1) is 12.9. The normalized spacial score (nSPS) is 22.2. The van der Waals surface area contributed by atoms with Gasteiger partial charge in [-0.2, -0.15) is 0 Å².